The Morgan fingerprint density at radius 2 is 1.60 bits per heavy atom. The Kier molecular flexibility index (Phi) is 4.92. The summed E-state index contributed by atoms with van der Waals surface area (Å²) in [6, 6.07) is 0. The van der Waals surface area contributed by atoms with E-state index in [0.29, 0.717) is 12.4 Å². The molecule has 1 unspecified atom stereocenters. The summed E-state index contributed by atoms with van der Waals surface area (Å²) >= 11 is 0. The second-order valence-corrected chi connectivity index (χ2v) is 8.67. The molecule has 1 heterocycles. The predicted molar refractivity (Wildman–Crippen MR) is 81.4 cm³/mol. The SMILES string of the molecule is Cc1nc(C(C)S(C)(=O)=O)nc(C)c1CNC(C)(C)C. The molecule has 1 atom stereocenters. The van der Waals surface area contributed by atoms with Gasteiger partial charge in [-0.05, 0) is 41.5 Å². The third-order valence-corrected chi connectivity index (χ3v) is 4.73. The van der Waals surface area contributed by atoms with Gasteiger partial charge in [0.1, 0.15) is 11.1 Å². The van der Waals surface area contributed by atoms with E-state index in [2.05, 4.69) is 36.1 Å². The predicted octanol–water partition coefficient (Wildman–Crippen LogP) is 2.09. The number of hydrogen-bond acceptors (Lipinski definition) is 5. The number of rotatable bonds is 4. The van der Waals surface area contributed by atoms with Crippen LogP contribution >= 0.6 is 0 Å². The van der Waals surface area contributed by atoms with Crippen LogP contribution in [0.25, 0.3) is 0 Å². The van der Waals surface area contributed by atoms with Gasteiger partial charge in [0.05, 0.1) is 0 Å². The van der Waals surface area contributed by atoms with Crippen molar-refractivity contribution >= 4 is 9.84 Å². The van der Waals surface area contributed by atoms with E-state index >= 15 is 0 Å². The van der Waals surface area contributed by atoms with E-state index in [1.165, 1.54) is 6.26 Å². The first-order valence-corrected chi connectivity index (χ1v) is 8.65. The first-order chi connectivity index (χ1) is 8.92. The number of aryl methyl sites for hydroxylation is 2. The van der Waals surface area contributed by atoms with E-state index in [0.717, 1.165) is 17.0 Å². The lowest BCUT2D eigenvalue weighted by Crippen LogP contribution is -2.35. The molecule has 0 saturated carbocycles. The monoisotopic (exact) mass is 299 g/mol. The van der Waals surface area contributed by atoms with Crippen LogP contribution in [0.3, 0.4) is 0 Å². The van der Waals surface area contributed by atoms with Crippen molar-refractivity contribution in [3.8, 4) is 0 Å². The zero-order chi connectivity index (χ0) is 15.7. The van der Waals surface area contributed by atoms with Crippen molar-refractivity contribution in [3.05, 3.63) is 22.8 Å². The van der Waals surface area contributed by atoms with Gasteiger partial charge in [-0.3, -0.25) is 0 Å². The summed E-state index contributed by atoms with van der Waals surface area (Å²) in [6.07, 6.45) is 1.21. The zero-order valence-corrected chi connectivity index (χ0v) is 14.2. The minimum Gasteiger partial charge on any atom is -0.308 e. The first kappa shape index (κ1) is 17.0. The van der Waals surface area contributed by atoms with Crippen molar-refractivity contribution < 1.29 is 8.42 Å². The highest BCUT2D eigenvalue weighted by Gasteiger charge is 2.22. The van der Waals surface area contributed by atoms with Crippen LogP contribution in [0.1, 0.15) is 55.7 Å². The first-order valence-electron chi connectivity index (χ1n) is 6.69. The van der Waals surface area contributed by atoms with Gasteiger partial charge in [0.2, 0.25) is 0 Å². The quantitative estimate of drug-likeness (QED) is 0.921. The van der Waals surface area contributed by atoms with Crippen molar-refractivity contribution in [2.24, 2.45) is 0 Å². The van der Waals surface area contributed by atoms with Crippen LogP contribution in [0, 0.1) is 13.8 Å². The maximum Gasteiger partial charge on any atom is 0.157 e. The molecule has 1 aromatic rings. The summed E-state index contributed by atoms with van der Waals surface area (Å²) in [5.74, 6) is 0.377. The van der Waals surface area contributed by atoms with Crippen LogP contribution in [-0.2, 0) is 16.4 Å². The van der Waals surface area contributed by atoms with E-state index < -0.39 is 15.1 Å². The van der Waals surface area contributed by atoms with E-state index in [1.54, 1.807) is 6.92 Å². The lowest BCUT2D eigenvalue weighted by Gasteiger charge is -2.22. The second-order valence-electron chi connectivity index (χ2n) is 6.31. The van der Waals surface area contributed by atoms with Crippen LogP contribution in [0.15, 0.2) is 0 Å². The largest absolute Gasteiger partial charge is 0.308 e. The molecule has 1 aromatic heterocycles. The van der Waals surface area contributed by atoms with E-state index in [4.69, 9.17) is 0 Å². The van der Waals surface area contributed by atoms with Gasteiger partial charge in [-0.1, -0.05) is 0 Å². The molecule has 0 amide bonds. The van der Waals surface area contributed by atoms with Crippen LogP contribution in [0.5, 0.6) is 0 Å². The molecule has 0 fully saturated rings. The Morgan fingerprint density at radius 3 is 1.95 bits per heavy atom. The third-order valence-electron chi connectivity index (χ3n) is 3.24. The van der Waals surface area contributed by atoms with Gasteiger partial charge in [0.15, 0.2) is 9.84 Å². The summed E-state index contributed by atoms with van der Waals surface area (Å²) in [4.78, 5) is 8.74. The van der Waals surface area contributed by atoms with E-state index in [9.17, 15) is 8.42 Å². The fraction of sp³-hybridized carbons (Fsp3) is 0.714. The molecule has 0 aliphatic rings. The molecule has 0 spiro atoms. The molecule has 114 valence electrons. The average Bonchev–Trinajstić information content (AvgIpc) is 2.23. The molecule has 1 rings (SSSR count). The van der Waals surface area contributed by atoms with Gasteiger partial charge in [-0.2, -0.15) is 0 Å². The summed E-state index contributed by atoms with van der Waals surface area (Å²) in [7, 11) is -3.18. The molecule has 6 heteroatoms. The summed E-state index contributed by atoms with van der Waals surface area (Å²) < 4.78 is 23.2. The molecule has 0 saturated heterocycles. The van der Waals surface area contributed by atoms with Crippen molar-refractivity contribution in [2.45, 2.75) is 58.9 Å². The third kappa shape index (κ3) is 4.52. The second kappa shape index (κ2) is 5.77. The molecule has 5 nitrogen and oxygen atoms in total. The van der Waals surface area contributed by atoms with Crippen LogP contribution in [0.2, 0.25) is 0 Å². The van der Waals surface area contributed by atoms with Gasteiger partial charge in [0, 0.05) is 35.3 Å². The van der Waals surface area contributed by atoms with Crippen molar-refractivity contribution in [3.63, 3.8) is 0 Å². The molecule has 0 aliphatic carbocycles. The Morgan fingerprint density at radius 1 is 1.15 bits per heavy atom. The minimum absolute atomic E-state index is 0.0115. The summed E-state index contributed by atoms with van der Waals surface area (Å²) in [6.45, 7) is 12.4. The van der Waals surface area contributed by atoms with Gasteiger partial charge in [-0.25, -0.2) is 18.4 Å². The van der Waals surface area contributed by atoms with Gasteiger partial charge < -0.3 is 5.32 Å². The van der Waals surface area contributed by atoms with Crippen molar-refractivity contribution in [1.82, 2.24) is 15.3 Å². The van der Waals surface area contributed by atoms with E-state index in [1.807, 2.05) is 13.8 Å². The lowest BCUT2D eigenvalue weighted by atomic mass is 10.1. The number of nitrogens with one attached hydrogen (secondary N) is 1. The molecule has 1 N–H and O–H groups in total. The normalized spacial score (nSPS) is 14.3. The number of sulfone groups is 1. The smallest absolute Gasteiger partial charge is 0.157 e. The summed E-state index contributed by atoms with van der Waals surface area (Å²) in [5, 5.41) is 2.72. The highest BCUT2D eigenvalue weighted by atomic mass is 32.2. The Labute approximate surface area is 122 Å². The van der Waals surface area contributed by atoms with Crippen LogP contribution in [0.4, 0.5) is 0 Å². The van der Waals surface area contributed by atoms with Gasteiger partial charge in [0.25, 0.3) is 0 Å². The van der Waals surface area contributed by atoms with Crippen molar-refractivity contribution in [2.75, 3.05) is 6.26 Å². The topological polar surface area (TPSA) is 72.0 Å². The van der Waals surface area contributed by atoms with E-state index in [-0.39, 0.29) is 5.54 Å². The summed E-state index contributed by atoms with van der Waals surface area (Å²) in [5.41, 5.74) is 2.71. The molecule has 0 aromatic carbocycles. The molecule has 0 aliphatic heterocycles. The molecular formula is C14H25N3O2S. The fourth-order valence-corrected chi connectivity index (χ4v) is 2.24. The fourth-order valence-electron chi connectivity index (χ4n) is 1.75. The van der Waals surface area contributed by atoms with Crippen LogP contribution in [-0.4, -0.2) is 30.2 Å². The van der Waals surface area contributed by atoms with Crippen LogP contribution < -0.4 is 5.32 Å². The Bertz CT molecular complexity index is 566. The highest BCUT2D eigenvalue weighted by Crippen LogP contribution is 2.20. The maximum absolute atomic E-state index is 11.6. The molecule has 0 bridgehead atoms. The number of nitrogens with zero attached hydrogens (tertiary/aromatic N) is 2. The molecular weight excluding hydrogens is 274 g/mol. The van der Waals surface area contributed by atoms with Gasteiger partial charge >= 0.3 is 0 Å². The average molecular weight is 299 g/mol. The molecule has 0 radical (unpaired) electrons. The standard InChI is InChI=1S/C14H25N3O2S/c1-9-12(8-15-14(4,5)6)10(2)17-13(16-9)11(3)20(7,18)19/h11,15H,8H2,1-7H3. The Balaban J connectivity index is 3.10. The zero-order valence-electron chi connectivity index (χ0n) is 13.4. The van der Waals surface area contributed by atoms with Crippen molar-refractivity contribution in [1.29, 1.82) is 0 Å². The number of aromatic nitrogens is 2. The molecule has 20 heavy (non-hydrogen) atoms. The Hall–Kier alpha value is -1.01. The maximum atomic E-state index is 11.6. The minimum atomic E-state index is -3.18. The lowest BCUT2D eigenvalue weighted by molar-refractivity contribution is 0.422. The van der Waals surface area contributed by atoms with Gasteiger partial charge in [-0.15, -0.1) is 0 Å². The number of hydrogen-bond donors (Lipinski definition) is 1. The highest BCUT2D eigenvalue weighted by molar-refractivity contribution is 7.90.